The first kappa shape index (κ1) is 12.1. The number of carbonyl (C=O) groups excluding carboxylic acids is 1. The van der Waals surface area contributed by atoms with Crippen LogP contribution in [0.25, 0.3) is 0 Å². The summed E-state index contributed by atoms with van der Waals surface area (Å²) >= 11 is 10.7. The smallest absolute Gasteiger partial charge is 0.339 e. The fourth-order valence-corrected chi connectivity index (χ4v) is 1.78. The normalized spacial score (nSPS) is 33.1. The molecule has 0 aliphatic heterocycles. The van der Waals surface area contributed by atoms with Gasteiger partial charge in [0.05, 0.1) is 6.10 Å². The molecule has 0 heterocycles. The van der Waals surface area contributed by atoms with E-state index in [2.05, 4.69) is 0 Å². The third-order valence-corrected chi connectivity index (χ3v) is 2.91. The van der Waals surface area contributed by atoms with E-state index in [9.17, 15) is 9.90 Å². The third kappa shape index (κ3) is 3.01. The summed E-state index contributed by atoms with van der Waals surface area (Å²) in [5.74, 6) is -0.517. The number of ether oxygens (including phenoxy) is 1. The van der Waals surface area contributed by atoms with Gasteiger partial charge in [0, 0.05) is 0 Å². The van der Waals surface area contributed by atoms with Gasteiger partial charge < -0.3 is 9.84 Å². The Kier molecular flexibility index (Phi) is 4.48. The average molecular weight is 241 g/mol. The molecule has 1 saturated carbocycles. The van der Waals surface area contributed by atoms with Crippen LogP contribution in [-0.4, -0.2) is 28.1 Å². The van der Waals surface area contributed by atoms with Gasteiger partial charge in [-0.1, -0.05) is 30.1 Å². The molecule has 0 aromatic carbocycles. The average Bonchev–Trinajstić information content (AvgIpc) is 2.12. The number of esters is 1. The van der Waals surface area contributed by atoms with Crippen LogP contribution in [0, 0.1) is 5.92 Å². The van der Waals surface area contributed by atoms with Gasteiger partial charge in [-0.2, -0.15) is 0 Å². The van der Waals surface area contributed by atoms with E-state index in [4.69, 9.17) is 27.9 Å². The fourth-order valence-electron chi connectivity index (χ4n) is 1.68. The van der Waals surface area contributed by atoms with Crippen molar-refractivity contribution in [3.05, 3.63) is 0 Å². The standard InChI is InChI=1S/C9H14Cl2O3/c1-5-3-2-4-6(7(5)12)14-9(13)8(10)11/h5-8,12H,2-4H2,1H3/t5-,6-,7-/m1/s1. The molecule has 5 heteroatoms. The first-order chi connectivity index (χ1) is 6.52. The Bertz CT molecular complexity index is 208. The monoisotopic (exact) mass is 240 g/mol. The highest BCUT2D eigenvalue weighted by Crippen LogP contribution is 2.27. The fraction of sp³-hybridized carbons (Fsp3) is 0.889. The maximum absolute atomic E-state index is 11.1. The van der Waals surface area contributed by atoms with Gasteiger partial charge in [-0.3, -0.25) is 0 Å². The molecule has 3 nitrogen and oxygen atoms in total. The summed E-state index contributed by atoms with van der Waals surface area (Å²) in [6.07, 6.45) is 1.54. The molecule has 0 bridgehead atoms. The summed E-state index contributed by atoms with van der Waals surface area (Å²) in [6, 6.07) is 0. The Morgan fingerprint density at radius 3 is 2.71 bits per heavy atom. The lowest BCUT2D eigenvalue weighted by Gasteiger charge is -2.32. The van der Waals surface area contributed by atoms with Crippen molar-refractivity contribution in [3.8, 4) is 0 Å². The summed E-state index contributed by atoms with van der Waals surface area (Å²) in [6.45, 7) is 1.93. The zero-order chi connectivity index (χ0) is 10.7. The number of hydrogen-bond donors (Lipinski definition) is 1. The van der Waals surface area contributed by atoms with Crippen LogP contribution in [0.1, 0.15) is 26.2 Å². The molecule has 0 amide bonds. The van der Waals surface area contributed by atoms with Gasteiger partial charge in [0.15, 0.2) is 0 Å². The zero-order valence-corrected chi connectivity index (χ0v) is 9.46. The largest absolute Gasteiger partial charge is 0.458 e. The molecule has 14 heavy (non-hydrogen) atoms. The molecule has 1 rings (SSSR count). The quantitative estimate of drug-likeness (QED) is 0.593. The summed E-state index contributed by atoms with van der Waals surface area (Å²) in [5.41, 5.74) is 0. The second kappa shape index (κ2) is 5.19. The van der Waals surface area contributed by atoms with Crippen LogP contribution in [0.4, 0.5) is 0 Å². The molecule has 0 spiro atoms. The first-order valence-corrected chi connectivity index (χ1v) is 5.56. The maximum atomic E-state index is 11.1. The Balaban J connectivity index is 2.47. The Labute approximate surface area is 93.3 Å². The van der Waals surface area contributed by atoms with Gasteiger partial charge in [0.1, 0.15) is 6.10 Å². The van der Waals surface area contributed by atoms with Crippen molar-refractivity contribution in [3.63, 3.8) is 0 Å². The van der Waals surface area contributed by atoms with E-state index in [-0.39, 0.29) is 5.92 Å². The van der Waals surface area contributed by atoms with Crippen LogP contribution in [-0.2, 0) is 9.53 Å². The lowest BCUT2D eigenvalue weighted by molar-refractivity contribution is -0.158. The SMILES string of the molecule is C[C@@H]1CCC[C@@H](OC(=O)C(Cl)Cl)[C@@H]1O. The lowest BCUT2D eigenvalue weighted by Crippen LogP contribution is -2.40. The second-order valence-corrected chi connectivity index (χ2v) is 4.77. The van der Waals surface area contributed by atoms with Crippen LogP contribution in [0.2, 0.25) is 0 Å². The highest BCUT2D eigenvalue weighted by molar-refractivity contribution is 6.52. The summed E-state index contributed by atoms with van der Waals surface area (Å²) in [4.78, 5) is 9.90. The van der Waals surface area contributed by atoms with E-state index in [0.29, 0.717) is 6.42 Å². The maximum Gasteiger partial charge on any atom is 0.339 e. The molecular formula is C9H14Cl2O3. The molecular weight excluding hydrogens is 227 g/mol. The molecule has 0 radical (unpaired) electrons. The predicted molar refractivity (Wildman–Crippen MR) is 54.4 cm³/mol. The highest BCUT2D eigenvalue weighted by atomic mass is 35.5. The van der Waals surface area contributed by atoms with Crippen LogP contribution < -0.4 is 0 Å². The lowest BCUT2D eigenvalue weighted by atomic mass is 9.86. The van der Waals surface area contributed by atoms with E-state index < -0.39 is 23.0 Å². The first-order valence-electron chi connectivity index (χ1n) is 4.69. The van der Waals surface area contributed by atoms with Crippen molar-refractivity contribution in [2.45, 2.75) is 43.2 Å². The van der Waals surface area contributed by atoms with Crippen LogP contribution >= 0.6 is 23.2 Å². The minimum atomic E-state index is -1.17. The Morgan fingerprint density at radius 2 is 2.14 bits per heavy atom. The topological polar surface area (TPSA) is 46.5 Å². The van der Waals surface area contributed by atoms with Crippen molar-refractivity contribution < 1.29 is 14.6 Å². The number of carbonyl (C=O) groups is 1. The van der Waals surface area contributed by atoms with Gasteiger partial charge in [-0.25, -0.2) is 4.79 Å². The van der Waals surface area contributed by atoms with E-state index in [1.54, 1.807) is 0 Å². The highest BCUT2D eigenvalue weighted by Gasteiger charge is 2.32. The van der Waals surface area contributed by atoms with Crippen LogP contribution in [0.5, 0.6) is 0 Å². The van der Waals surface area contributed by atoms with Crippen molar-refractivity contribution in [2.24, 2.45) is 5.92 Å². The molecule has 1 N–H and O–H groups in total. The summed E-state index contributed by atoms with van der Waals surface area (Å²) < 4.78 is 4.98. The number of alkyl halides is 2. The number of rotatable bonds is 2. The van der Waals surface area contributed by atoms with E-state index in [1.165, 1.54) is 0 Å². The summed E-state index contributed by atoms with van der Waals surface area (Å²) in [7, 11) is 0. The molecule has 0 aromatic heterocycles. The van der Waals surface area contributed by atoms with E-state index >= 15 is 0 Å². The van der Waals surface area contributed by atoms with Crippen molar-refractivity contribution in [2.75, 3.05) is 0 Å². The molecule has 82 valence electrons. The van der Waals surface area contributed by atoms with Crippen molar-refractivity contribution in [1.29, 1.82) is 0 Å². The van der Waals surface area contributed by atoms with E-state index in [0.717, 1.165) is 12.8 Å². The van der Waals surface area contributed by atoms with Gasteiger partial charge >= 0.3 is 5.97 Å². The molecule has 1 aliphatic carbocycles. The zero-order valence-electron chi connectivity index (χ0n) is 7.95. The Morgan fingerprint density at radius 1 is 1.50 bits per heavy atom. The Hall–Kier alpha value is 0.01000. The molecule has 0 saturated heterocycles. The number of hydrogen-bond acceptors (Lipinski definition) is 3. The predicted octanol–water partition coefficient (Wildman–Crippen LogP) is 1.88. The van der Waals surface area contributed by atoms with Crippen molar-refractivity contribution in [1.82, 2.24) is 0 Å². The minimum Gasteiger partial charge on any atom is -0.458 e. The van der Waals surface area contributed by atoms with Gasteiger partial charge in [-0.15, -0.1) is 0 Å². The van der Waals surface area contributed by atoms with Gasteiger partial charge in [-0.05, 0) is 25.2 Å². The minimum absolute atomic E-state index is 0.158. The third-order valence-electron chi connectivity index (χ3n) is 2.56. The van der Waals surface area contributed by atoms with Gasteiger partial charge in [0.2, 0.25) is 4.84 Å². The molecule has 0 unspecified atom stereocenters. The van der Waals surface area contributed by atoms with E-state index in [1.807, 2.05) is 6.92 Å². The van der Waals surface area contributed by atoms with Crippen LogP contribution in [0.3, 0.4) is 0 Å². The summed E-state index contributed by atoms with van der Waals surface area (Å²) in [5, 5.41) is 9.70. The molecule has 1 aliphatic rings. The second-order valence-electron chi connectivity index (χ2n) is 3.67. The number of halogens is 2. The molecule has 0 aromatic rings. The van der Waals surface area contributed by atoms with Crippen molar-refractivity contribution >= 4 is 29.2 Å². The number of aliphatic hydroxyl groups is 1. The molecule has 3 atom stereocenters. The number of aliphatic hydroxyl groups excluding tert-OH is 1. The van der Waals surface area contributed by atoms with Crippen LogP contribution in [0.15, 0.2) is 0 Å². The van der Waals surface area contributed by atoms with Gasteiger partial charge in [0.25, 0.3) is 0 Å². The molecule has 1 fully saturated rings.